The van der Waals surface area contributed by atoms with Crippen molar-refractivity contribution in [1.82, 2.24) is 0 Å². The predicted octanol–water partition coefficient (Wildman–Crippen LogP) is 3.43. The van der Waals surface area contributed by atoms with E-state index in [-0.39, 0.29) is 10.6 Å². The Morgan fingerprint density at radius 1 is 1.33 bits per heavy atom. The van der Waals surface area contributed by atoms with E-state index >= 15 is 0 Å². The van der Waals surface area contributed by atoms with Gasteiger partial charge in [0.15, 0.2) is 0 Å². The first-order valence-electron chi connectivity index (χ1n) is 4.07. The van der Waals surface area contributed by atoms with Crippen molar-refractivity contribution in [3.63, 3.8) is 0 Å². The summed E-state index contributed by atoms with van der Waals surface area (Å²) < 4.78 is 49.1. The van der Waals surface area contributed by atoms with E-state index in [9.17, 15) is 17.6 Å². The summed E-state index contributed by atoms with van der Waals surface area (Å²) in [6, 6.07) is 2.00. The Hall–Kier alpha value is -0.810. The molecule has 1 atom stereocenters. The van der Waals surface area contributed by atoms with Crippen LogP contribution in [0.25, 0.3) is 0 Å². The molecule has 1 rings (SSSR count). The molecular weight excluding hydrogens is 234 g/mol. The van der Waals surface area contributed by atoms with Crippen molar-refractivity contribution in [3.05, 3.63) is 34.6 Å². The van der Waals surface area contributed by atoms with E-state index in [1.165, 1.54) is 6.07 Å². The fraction of sp³-hybridized carbons (Fsp3) is 0.333. The lowest BCUT2D eigenvalue weighted by molar-refractivity contribution is -0.138. The standard InChI is InChI=1S/C9H8ClF4N/c10-5-1-2-6(7(11)3-5)8(15)4-9(12,13)14/h1-3,8H,4,15H2/t8-/m1/s1. The van der Waals surface area contributed by atoms with Crippen LogP contribution in [0.2, 0.25) is 5.02 Å². The van der Waals surface area contributed by atoms with Crippen LogP contribution >= 0.6 is 11.6 Å². The highest BCUT2D eigenvalue weighted by molar-refractivity contribution is 6.30. The Morgan fingerprint density at radius 2 is 1.93 bits per heavy atom. The predicted molar refractivity (Wildman–Crippen MR) is 49.0 cm³/mol. The van der Waals surface area contributed by atoms with Gasteiger partial charge in [-0.1, -0.05) is 17.7 Å². The van der Waals surface area contributed by atoms with E-state index in [0.29, 0.717) is 0 Å². The maximum Gasteiger partial charge on any atom is 0.390 e. The number of rotatable bonds is 2. The third-order valence-corrected chi connectivity index (χ3v) is 2.05. The third kappa shape index (κ3) is 3.68. The monoisotopic (exact) mass is 241 g/mol. The molecule has 0 aromatic heterocycles. The van der Waals surface area contributed by atoms with Crippen LogP contribution in [-0.4, -0.2) is 6.18 Å². The van der Waals surface area contributed by atoms with Crippen LogP contribution in [0.3, 0.4) is 0 Å². The molecule has 0 saturated carbocycles. The highest BCUT2D eigenvalue weighted by atomic mass is 35.5. The normalized spacial score (nSPS) is 14.0. The summed E-state index contributed by atoms with van der Waals surface area (Å²) in [7, 11) is 0. The Kier molecular flexibility index (Phi) is 3.57. The minimum atomic E-state index is -4.41. The number of alkyl halides is 3. The molecular formula is C9H8ClF4N. The van der Waals surface area contributed by atoms with Crippen LogP contribution in [0.5, 0.6) is 0 Å². The van der Waals surface area contributed by atoms with Crippen LogP contribution < -0.4 is 5.73 Å². The zero-order valence-electron chi connectivity index (χ0n) is 7.48. The van der Waals surface area contributed by atoms with E-state index in [2.05, 4.69) is 0 Å². The first-order chi connectivity index (χ1) is 6.79. The molecule has 0 bridgehead atoms. The average molecular weight is 242 g/mol. The first-order valence-corrected chi connectivity index (χ1v) is 4.44. The second kappa shape index (κ2) is 4.37. The summed E-state index contributed by atoms with van der Waals surface area (Å²) in [5.74, 6) is -0.820. The van der Waals surface area contributed by atoms with Crippen molar-refractivity contribution in [2.75, 3.05) is 0 Å². The zero-order chi connectivity index (χ0) is 11.6. The number of halogens is 5. The molecule has 0 saturated heterocycles. The van der Waals surface area contributed by atoms with E-state index < -0.39 is 24.5 Å². The van der Waals surface area contributed by atoms with Gasteiger partial charge in [-0.25, -0.2) is 4.39 Å². The zero-order valence-corrected chi connectivity index (χ0v) is 8.24. The molecule has 0 aliphatic carbocycles. The van der Waals surface area contributed by atoms with Crippen LogP contribution in [-0.2, 0) is 0 Å². The number of nitrogens with two attached hydrogens (primary N) is 1. The van der Waals surface area contributed by atoms with Crippen LogP contribution in [0.1, 0.15) is 18.0 Å². The molecule has 0 unspecified atom stereocenters. The molecule has 0 heterocycles. The molecule has 6 heteroatoms. The summed E-state index contributed by atoms with van der Waals surface area (Å²) in [5, 5.41) is 0.121. The Balaban J connectivity index is 2.87. The molecule has 0 aliphatic heterocycles. The van der Waals surface area contributed by atoms with Crippen molar-refractivity contribution < 1.29 is 17.6 Å². The van der Waals surface area contributed by atoms with Gasteiger partial charge in [0, 0.05) is 16.6 Å². The lowest BCUT2D eigenvalue weighted by Crippen LogP contribution is -2.21. The van der Waals surface area contributed by atoms with Crippen molar-refractivity contribution >= 4 is 11.6 Å². The third-order valence-electron chi connectivity index (χ3n) is 1.81. The van der Waals surface area contributed by atoms with Crippen molar-refractivity contribution in [1.29, 1.82) is 0 Å². The van der Waals surface area contributed by atoms with Crippen LogP contribution in [0.4, 0.5) is 17.6 Å². The number of benzene rings is 1. The average Bonchev–Trinajstić information content (AvgIpc) is 1.99. The quantitative estimate of drug-likeness (QED) is 0.789. The van der Waals surface area contributed by atoms with Gasteiger partial charge in [0.2, 0.25) is 0 Å². The molecule has 1 aromatic carbocycles. The second-order valence-electron chi connectivity index (χ2n) is 3.09. The summed E-state index contributed by atoms with van der Waals surface area (Å²) in [4.78, 5) is 0. The van der Waals surface area contributed by atoms with Crippen molar-refractivity contribution in [2.24, 2.45) is 5.73 Å². The van der Waals surface area contributed by atoms with Gasteiger partial charge in [-0.05, 0) is 12.1 Å². The van der Waals surface area contributed by atoms with Gasteiger partial charge in [-0.3, -0.25) is 0 Å². The topological polar surface area (TPSA) is 26.0 Å². The highest BCUT2D eigenvalue weighted by Crippen LogP contribution is 2.29. The Morgan fingerprint density at radius 3 is 2.40 bits per heavy atom. The van der Waals surface area contributed by atoms with E-state index in [4.69, 9.17) is 17.3 Å². The first kappa shape index (κ1) is 12.3. The van der Waals surface area contributed by atoms with Gasteiger partial charge in [0.25, 0.3) is 0 Å². The number of hydrogen-bond donors (Lipinski definition) is 1. The lowest BCUT2D eigenvalue weighted by Gasteiger charge is -2.15. The molecule has 0 spiro atoms. The molecule has 1 nitrogen and oxygen atoms in total. The maximum absolute atomic E-state index is 13.1. The molecule has 0 amide bonds. The molecule has 0 fully saturated rings. The Labute approximate surface area is 88.8 Å². The number of hydrogen-bond acceptors (Lipinski definition) is 1. The van der Waals surface area contributed by atoms with Crippen LogP contribution in [0, 0.1) is 5.82 Å². The molecule has 15 heavy (non-hydrogen) atoms. The summed E-state index contributed by atoms with van der Waals surface area (Å²) in [6.45, 7) is 0. The van der Waals surface area contributed by atoms with Gasteiger partial charge in [0.1, 0.15) is 5.82 Å². The van der Waals surface area contributed by atoms with Gasteiger partial charge < -0.3 is 5.73 Å². The minimum Gasteiger partial charge on any atom is -0.324 e. The highest BCUT2D eigenvalue weighted by Gasteiger charge is 2.31. The van der Waals surface area contributed by atoms with Crippen molar-refractivity contribution in [3.8, 4) is 0 Å². The van der Waals surface area contributed by atoms with E-state index in [1.807, 2.05) is 0 Å². The minimum absolute atomic E-state index is 0.121. The van der Waals surface area contributed by atoms with Crippen LogP contribution in [0.15, 0.2) is 18.2 Å². The van der Waals surface area contributed by atoms with Gasteiger partial charge in [-0.15, -0.1) is 0 Å². The lowest BCUT2D eigenvalue weighted by atomic mass is 10.0. The summed E-state index contributed by atoms with van der Waals surface area (Å²) >= 11 is 5.45. The SMILES string of the molecule is N[C@H](CC(F)(F)F)c1ccc(Cl)cc1F. The smallest absolute Gasteiger partial charge is 0.324 e. The molecule has 0 aliphatic rings. The summed E-state index contributed by atoms with van der Waals surface area (Å²) in [5.41, 5.74) is 5.05. The van der Waals surface area contributed by atoms with Gasteiger partial charge >= 0.3 is 6.18 Å². The van der Waals surface area contributed by atoms with E-state index in [1.54, 1.807) is 0 Å². The fourth-order valence-electron chi connectivity index (χ4n) is 1.16. The maximum atomic E-state index is 13.1. The molecule has 2 N–H and O–H groups in total. The molecule has 0 radical (unpaired) electrons. The Bertz CT molecular complexity index is 350. The van der Waals surface area contributed by atoms with Gasteiger partial charge in [0.05, 0.1) is 6.42 Å². The molecule has 84 valence electrons. The largest absolute Gasteiger partial charge is 0.390 e. The summed E-state index contributed by atoms with van der Waals surface area (Å²) in [6.07, 6.45) is -5.67. The fourth-order valence-corrected chi connectivity index (χ4v) is 1.32. The molecule has 1 aromatic rings. The van der Waals surface area contributed by atoms with E-state index in [0.717, 1.165) is 12.1 Å². The van der Waals surface area contributed by atoms with Crippen molar-refractivity contribution in [2.45, 2.75) is 18.6 Å². The van der Waals surface area contributed by atoms with Gasteiger partial charge in [-0.2, -0.15) is 13.2 Å². The second-order valence-corrected chi connectivity index (χ2v) is 3.53.